The zero-order valence-corrected chi connectivity index (χ0v) is 12.3. The van der Waals surface area contributed by atoms with Gasteiger partial charge in [-0.3, -0.25) is 0 Å². The first-order valence-corrected chi connectivity index (χ1v) is 7.84. The molecule has 2 atom stereocenters. The Morgan fingerprint density at radius 1 is 1.43 bits per heavy atom. The zero-order valence-electron chi connectivity index (χ0n) is 12.3. The molecular formula is C16H21N3O2. The first kappa shape index (κ1) is 12.8. The number of amides is 1. The van der Waals surface area contributed by atoms with Crippen molar-refractivity contribution in [1.82, 2.24) is 4.90 Å². The van der Waals surface area contributed by atoms with Gasteiger partial charge >= 0.3 is 6.09 Å². The van der Waals surface area contributed by atoms with Gasteiger partial charge in [-0.2, -0.15) is 0 Å². The average molecular weight is 287 g/mol. The van der Waals surface area contributed by atoms with Crippen molar-refractivity contribution >= 4 is 17.5 Å². The topological polar surface area (TPSA) is 44.8 Å². The normalized spacial score (nSPS) is 26.0. The predicted molar refractivity (Wildman–Crippen MR) is 82.0 cm³/mol. The van der Waals surface area contributed by atoms with Crippen LogP contribution >= 0.6 is 0 Å². The fraction of sp³-hybridized carbons (Fsp3) is 0.562. The number of para-hydroxylation sites is 1. The lowest BCUT2D eigenvalue weighted by atomic mass is 9.89. The Morgan fingerprint density at radius 2 is 2.33 bits per heavy atom. The smallest absolute Gasteiger partial charge is 0.409 e. The molecule has 0 radical (unpaired) electrons. The monoisotopic (exact) mass is 287 g/mol. The third kappa shape index (κ3) is 1.87. The number of carbonyl (C=O) groups is 1. The number of likely N-dealkylation sites (tertiary alicyclic amines) is 1. The van der Waals surface area contributed by atoms with E-state index in [-0.39, 0.29) is 6.09 Å². The largest absolute Gasteiger partial charge is 0.450 e. The van der Waals surface area contributed by atoms with E-state index in [0.717, 1.165) is 32.6 Å². The van der Waals surface area contributed by atoms with Crippen LogP contribution in [0.3, 0.4) is 0 Å². The van der Waals surface area contributed by atoms with Crippen molar-refractivity contribution in [3.8, 4) is 0 Å². The van der Waals surface area contributed by atoms with Crippen LogP contribution in [0.4, 0.5) is 16.2 Å². The van der Waals surface area contributed by atoms with Crippen LogP contribution in [0.1, 0.15) is 24.8 Å². The summed E-state index contributed by atoms with van der Waals surface area (Å²) in [6.07, 6.45) is 0.859. The van der Waals surface area contributed by atoms with Gasteiger partial charge in [0.15, 0.2) is 0 Å². The second kappa shape index (κ2) is 4.83. The van der Waals surface area contributed by atoms with Crippen molar-refractivity contribution in [2.75, 3.05) is 43.0 Å². The summed E-state index contributed by atoms with van der Waals surface area (Å²) in [6, 6.07) is 7.04. The van der Waals surface area contributed by atoms with E-state index in [4.69, 9.17) is 4.74 Å². The highest BCUT2D eigenvalue weighted by Gasteiger charge is 2.44. The Balaban J connectivity index is 1.65. The number of carbonyl (C=O) groups excluding carboxylic acids is 1. The number of rotatable bonds is 1. The summed E-state index contributed by atoms with van der Waals surface area (Å²) >= 11 is 0. The van der Waals surface area contributed by atoms with Crippen LogP contribution in [-0.4, -0.2) is 49.8 Å². The van der Waals surface area contributed by atoms with E-state index in [0.29, 0.717) is 18.6 Å². The molecule has 3 aliphatic rings. The molecule has 1 amide bonds. The van der Waals surface area contributed by atoms with Crippen LogP contribution in [0.15, 0.2) is 18.2 Å². The van der Waals surface area contributed by atoms with Gasteiger partial charge in [0.05, 0.1) is 18.0 Å². The highest BCUT2D eigenvalue weighted by Crippen LogP contribution is 2.49. The summed E-state index contributed by atoms with van der Waals surface area (Å²) in [5.41, 5.74) is 4.00. The lowest BCUT2D eigenvalue weighted by Crippen LogP contribution is -2.49. The molecule has 1 N–H and O–H groups in total. The number of nitrogens with zero attached hydrogens (tertiary/aromatic N) is 2. The second-order valence-corrected chi connectivity index (χ2v) is 5.97. The minimum Gasteiger partial charge on any atom is -0.450 e. The summed E-state index contributed by atoms with van der Waals surface area (Å²) in [6.45, 7) is 5.94. The molecule has 4 rings (SSSR count). The minimum atomic E-state index is -0.167. The van der Waals surface area contributed by atoms with E-state index >= 15 is 0 Å². The molecule has 1 aromatic carbocycles. The SMILES string of the molecule is CCOC(=O)N1CCC2C(C1)c1cccc3c1N2CCN3. The maximum absolute atomic E-state index is 12.0. The number of nitrogens with one attached hydrogen (secondary N) is 1. The van der Waals surface area contributed by atoms with Gasteiger partial charge in [0.2, 0.25) is 0 Å². The van der Waals surface area contributed by atoms with Gasteiger partial charge in [-0.25, -0.2) is 4.79 Å². The first-order valence-electron chi connectivity index (χ1n) is 7.84. The van der Waals surface area contributed by atoms with Gasteiger partial charge < -0.3 is 19.9 Å². The molecule has 0 bridgehead atoms. The molecule has 1 fully saturated rings. The third-order valence-corrected chi connectivity index (χ3v) is 4.92. The van der Waals surface area contributed by atoms with Gasteiger partial charge in [-0.05, 0) is 25.0 Å². The number of hydrogen-bond donors (Lipinski definition) is 1. The van der Waals surface area contributed by atoms with Crippen LogP contribution in [0.2, 0.25) is 0 Å². The van der Waals surface area contributed by atoms with E-state index in [1.54, 1.807) is 0 Å². The van der Waals surface area contributed by atoms with E-state index < -0.39 is 0 Å². The van der Waals surface area contributed by atoms with E-state index in [1.165, 1.54) is 16.9 Å². The maximum atomic E-state index is 12.0. The van der Waals surface area contributed by atoms with Gasteiger partial charge in [-0.1, -0.05) is 12.1 Å². The van der Waals surface area contributed by atoms with Crippen molar-refractivity contribution in [2.24, 2.45) is 0 Å². The van der Waals surface area contributed by atoms with Gasteiger partial charge in [0.1, 0.15) is 0 Å². The number of hydrogen-bond acceptors (Lipinski definition) is 4. The number of ether oxygens (including phenoxy) is 1. The van der Waals surface area contributed by atoms with Crippen LogP contribution in [0, 0.1) is 0 Å². The highest BCUT2D eigenvalue weighted by molar-refractivity contribution is 5.80. The summed E-state index contributed by atoms with van der Waals surface area (Å²) < 4.78 is 5.17. The molecule has 21 heavy (non-hydrogen) atoms. The molecule has 0 spiro atoms. The summed E-state index contributed by atoms with van der Waals surface area (Å²) in [5, 5.41) is 3.49. The molecule has 112 valence electrons. The van der Waals surface area contributed by atoms with Gasteiger partial charge in [-0.15, -0.1) is 0 Å². The van der Waals surface area contributed by atoms with Gasteiger partial charge in [0, 0.05) is 38.1 Å². The Bertz CT molecular complexity index is 575. The predicted octanol–water partition coefficient (Wildman–Crippen LogP) is 2.25. The summed E-state index contributed by atoms with van der Waals surface area (Å²) in [5.74, 6) is 0.415. The van der Waals surface area contributed by atoms with E-state index in [1.807, 2.05) is 11.8 Å². The molecule has 5 heteroatoms. The Morgan fingerprint density at radius 3 is 3.19 bits per heavy atom. The Kier molecular flexibility index (Phi) is 2.94. The van der Waals surface area contributed by atoms with Crippen molar-refractivity contribution < 1.29 is 9.53 Å². The number of benzene rings is 1. The molecule has 0 aromatic heterocycles. The zero-order chi connectivity index (χ0) is 14.4. The number of piperidine rings is 1. The molecule has 5 nitrogen and oxygen atoms in total. The molecule has 2 unspecified atom stereocenters. The van der Waals surface area contributed by atoms with E-state index in [9.17, 15) is 4.79 Å². The van der Waals surface area contributed by atoms with Crippen LogP contribution < -0.4 is 10.2 Å². The minimum absolute atomic E-state index is 0.167. The van der Waals surface area contributed by atoms with Crippen molar-refractivity contribution in [3.05, 3.63) is 23.8 Å². The molecular weight excluding hydrogens is 266 g/mol. The highest BCUT2D eigenvalue weighted by atomic mass is 16.6. The molecule has 3 heterocycles. The number of anilines is 2. The average Bonchev–Trinajstić information content (AvgIpc) is 2.84. The van der Waals surface area contributed by atoms with Crippen molar-refractivity contribution in [1.29, 1.82) is 0 Å². The third-order valence-electron chi connectivity index (χ3n) is 4.92. The molecule has 1 aromatic rings. The fourth-order valence-corrected chi connectivity index (χ4v) is 4.08. The quantitative estimate of drug-likeness (QED) is 0.860. The lowest BCUT2D eigenvalue weighted by Gasteiger charge is -2.39. The van der Waals surface area contributed by atoms with Crippen LogP contribution in [0.5, 0.6) is 0 Å². The van der Waals surface area contributed by atoms with Crippen LogP contribution in [0.25, 0.3) is 0 Å². The molecule has 1 saturated heterocycles. The summed E-state index contributed by atoms with van der Waals surface area (Å²) in [7, 11) is 0. The Labute approximate surface area is 124 Å². The Hall–Kier alpha value is -1.91. The second-order valence-electron chi connectivity index (χ2n) is 5.97. The maximum Gasteiger partial charge on any atom is 0.409 e. The standard InChI is InChI=1S/C16H21N3O2/c1-2-21-16(20)18-8-6-14-12(10-18)11-4-3-5-13-15(11)19(14)9-7-17-13/h3-5,12,14,17H,2,6-10H2,1H3. The van der Waals surface area contributed by atoms with Crippen LogP contribution in [-0.2, 0) is 4.74 Å². The summed E-state index contributed by atoms with van der Waals surface area (Å²) in [4.78, 5) is 16.4. The number of fused-ring (bicyclic) bond motifs is 3. The van der Waals surface area contributed by atoms with E-state index in [2.05, 4.69) is 28.4 Å². The lowest BCUT2D eigenvalue weighted by molar-refractivity contribution is 0.0934. The fourth-order valence-electron chi connectivity index (χ4n) is 4.08. The molecule has 0 aliphatic carbocycles. The van der Waals surface area contributed by atoms with Crippen molar-refractivity contribution in [3.63, 3.8) is 0 Å². The van der Waals surface area contributed by atoms with Gasteiger partial charge in [0.25, 0.3) is 0 Å². The molecule has 0 saturated carbocycles. The van der Waals surface area contributed by atoms with Crippen molar-refractivity contribution in [2.45, 2.75) is 25.3 Å². The first-order chi connectivity index (χ1) is 10.3. The molecule has 3 aliphatic heterocycles.